The molecule has 0 amide bonds. The molecule has 1 aliphatic carbocycles. The number of hydrogen-bond donors (Lipinski definition) is 2. The fourth-order valence-electron chi connectivity index (χ4n) is 2.26. The Balaban J connectivity index is 2.22. The minimum atomic E-state index is -0.986. The summed E-state index contributed by atoms with van der Waals surface area (Å²) in [7, 11) is 0. The third-order valence-corrected chi connectivity index (χ3v) is 3.36. The van der Waals surface area contributed by atoms with Gasteiger partial charge in [-0.2, -0.15) is 0 Å². The molecule has 0 bridgehead atoms. The first-order chi connectivity index (χ1) is 8.08. The van der Waals surface area contributed by atoms with Crippen molar-refractivity contribution in [3.63, 3.8) is 0 Å². The van der Waals surface area contributed by atoms with Crippen molar-refractivity contribution < 1.29 is 9.90 Å². The highest BCUT2D eigenvalue weighted by atomic mass is 16.4. The quantitative estimate of drug-likeness (QED) is 0.825. The fraction of sp³-hybridized carbons (Fsp3) is 0.333. The van der Waals surface area contributed by atoms with E-state index in [0.29, 0.717) is 11.4 Å². The van der Waals surface area contributed by atoms with Gasteiger partial charge in [0.05, 0.1) is 16.6 Å². The van der Waals surface area contributed by atoms with Crippen LogP contribution >= 0.6 is 0 Å². The van der Waals surface area contributed by atoms with Gasteiger partial charge < -0.3 is 10.1 Å². The van der Waals surface area contributed by atoms with Gasteiger partial charge in [0.1, 0.15) is 0 Å². The second-order valence-corrected chi connectivity index (χ2v) is 4.62. The molecule has 1 heterocycles. The molecule has 5 heteroatoms. The SMILES string of the molecule is CC1CC1n1c(=O)[nH]c2cc(C(=O)O)ccc21. The van der Waals surface area contributed by atoms with Crippen molar-refractivity contribution in [3.8, 4) is 0 Å². The molecule has 2 aromatic rings. The maximum Gasteiger partial charge on any atom is 0.335 e. The number of hydrogen-bond acceptors (Lipinski definition) is 2. The summed E-state index contributed by atoms with van der Waals surface area (Å²) in [5.41, 5.74) is 1.41. The number of H-pyrrole nitrogens is 1. The number of aromatic amines is 1. The van der Waals surface area contributed by atoms with E-state index in [-0.39, 0.29) is 17.3 Å². The van der Waals surface area contributed by atoms with Crippen LogP contribution in [0.1, 0.15) is 29.7 Å². The van der Waals surface area contributed by atoms with Gasteiger partial charge in [-0.05, 0) is 30.5 Å². The Morgan fingerprint density at radius 1 is 1.53 bits per heavy atom. The summed E-state index contributed by atoms with van der Waals surface area (Å²) in [6, 6.07) is 4.98. The van der Waals surface area contributed by atoms with E-state index in [0.717, 1.165) is 11.9 Å². The van der Waals surface area contributed by atoms with Crippen LogP contribution in [0.2, 0.25) is 0 Å². The zero-order valence-corrected chi connectivity index (χ0v) is 9.30. The number of carboxylic acid groups (broad SMARTS) is 1. The molecule has 0 saturated heterocycles. The lowest BCUT2D eigenvalue weighted by Gasteiger charge is -2.00. The smallest absolute Gasteiger partial charge is 0.335 e. The van der Waals surface area contributed by atoms with Gasteiger partial charge in [-0.1, -0.05) is 6.92 Å². The lowest BCUT2D eigenvalue weighted by atomic mass is 10.2. The van der Waals surface area contributed by atoms with E-state index in [1.165, 1.54) is 12.1 Å². The van der Waals surface area contributed by atoms with Gasteiger partial charge in [0, 0.05) is 6.04 Å². The van der Waals surface area contributed by atoms with Crippen LogP contribution in [0.3, 0.4) is 0 Å². The van der Waals surface area contributed by atoms with Gasteiger partial charge in [0.25, 0.3) is 0 Å². The minimum Gasteiger partial charge on any atom is -0.478 e. The van der Waals surface area contributed by atoms with Crippen molar-refractivity contribution in [3.05, 3.63) is 34.2 Å². The molecular weight excluding hydrogens is 220 g/mol. The standard InChI is InChI=1S/C12H12N2O3/c1-6-4-10(6)14-9-3-2-7(11(15)16)5-8(9)13-12(14)17/h2-3,5-6,10H,4H2,1H3,(H,13,17)(H,15,16). The highest BCUT2D eigenvalue weighted by molar-refractivity contribution is 5.92. The zero-order valence-electron chi connectivity index (χ0n) is 9.30. The van der Waals surface area contributed by atoms with Gasteiger partial charge in [-0.25, -0.2) is 9.59 Å². The average molecular weight is 232 g/mol. The summed E-state index contributed by atoms with van der Waals surface area (Å²) in [5, 5.41) is 8.89. The largest absolute Gasteiger partial charge is 0.478 e. The number of aromatic nitrogens is 2. The number of fused-ring (bicyclic) bond motifs is 1. The number of carbonyl (C=O) groups is 1. The first-order valence-corrected chi connectivity index (χ1v) is 5.55. The molecule has 3 rings (SSSR count). The molecule has 1 aromatic heterocycles. The van der Waals surface area contributed by atoms with Crippen molar-refractivity contribution in [2.24, 2.45) is 5.92 Å². The summed E-state index contributed by atoms with van der Waals surface area (Å²) in [4.78, 5) is 25.4. The Hall–Kier alpha value is -2.04. The molecule has 0 aliphatic heterocycles. The summed E-state index contributed by atoms with van der Waals surface area (Å²) in [6.45, 7) is 2.10. The van der Waals surface area contributed by atoms with E-state index < -0.39 is 5.97 Å². The monoisotopic (exact) mass is 232 g/mol. The van der Waals surface area contributed by atoms with Crippen molar-refractivity contribution in [2.75, 3.05) is 0 Å². The molecule has 2 unspecified atom stereocenters. The number of imidazole rings is 1. The maximum absolute atomic E-state index is 11.8. The van der Waals surface area contributed by atoms with Crippen LogP contribution in [0, 0.1) is 5.92 Å². The predicted molar refractivity (Wildman–Crippen MR) is 62.3 cm³/mol. The molecule has 1 aromatic carbocycles. The van der Waals surface area contributed by atoms with Gasteiger partial charge in [-0.15, -0.1) is 0 Å². The normalized spacial score (nSPS) is 22.9. The molecule has 0 radical (unpaired) electrons. The minimum absolute atomic E-state index is 0.156. The van der Waals surface area contributed by atoms with E-state index in [1.54, 1.807) is 10.6 Å². The summed E-state index contributed by atoms with van der Waals surface area (Å²) >= 11 is 0. The summed E-state index contributed by atoms with van der Waals surface area (Å²) in [6.07, 6.45) is 1.01. The second kappa shape index (κ2) is 3.23. The van der Waals surface area contributed by atoms with Crippen LogP contribution in [0.15, 0.2) is 23.0 Å². The number of benzene rings is 1. The van der Waals surface area contributed by atoms with Crippen molar-refractivity contribution in [1.29, 1.82) is 0 Å². The Bertz CT molecular complexity index is 668. The second-order valence-electron chi connectivity index (χ2n) is 4.62. The van der Waals surface area contributed by atoms with Gasteiger partial charge in [0.15, 0.2) is 0 Å². The Morgan fingerprint density at radius 3 is 2.82 bits per heavy atom. The Labute approximate surface area is 96.7 Å². The molecule has 0 spiro atoms. The topological polar surface area (TPSA) is 75.1 Å². The summed E-state index contributed by atoms with van der Waals surface area (Å²) < 4.78 is 1.73. The molecule has 17 heavy (non-hydrogen) atoms. The molecule has 2 N–H and O–H groups in total. The predicted octanol–water partition coefficient (Wildman–Crippen LogP) is 1.61. The van der Waals surface area contributed by atoms with Crippen LogP contribution < -0.4 is 5.69 Å². The summed E-state index contributed by atoms with van der Waals surface area (Å²) in [5.74, 6) is -0.467. The van der Waals surface area contributed by atoms with Crippen LogP contribution in [-0.2, 0) is 0 Å². The molecule has 5 nitrogen and oxygen atoms in total. The van der Waals surface area contributed by atoms with E-state index in [1.807, 2.05) is 0 Å². The van der Waals surface area contributed by atoms with Crippen molar-refractivity contribution >= 4 is 17.0 Å². The number of aromatic carboxylic acids is 1. The van der Waals surface area contributed by atoms with Crippen molar-refractivity contribution in [2.45, 2.75) is 19.4 Å². The third-order valence-electron chi connectivity index (χ3n) is 3.36. The zero-order chi connectivity index (χ0) is 12.2. The van der Waals surface area contributed by atoms with Gasteiger partial charge >= 0.3 is 11.7 Å². The van der Waals surface area contributed by atoms with E-state index in [4.69, 9.17) is 5.11 Å². The van der Waals surface area contributed by atoms with E-state index >= 15 is 0 Å². The first kappa shape index (κ1) is 10.1. The first-order valence-electron chi connectivity index (χ1n) is 5.55. The molecule has 1 aliphatic rings. The molecule has 1 saturated carbocycles. The van der Waals surface area contributed by atoms with E-state index in [9.17, 15) is 9.59 Å². The molecule has 2 atom stereocenters. The van der Waals surface area contributed by atoms with Crippen LogP contribution in [0.5, 0.6) is 0 Å². The number of rotatable bonds is 2. The third kappa shape index (κ3) is 1.46. The van der Waals surface area contributed by atoms with Crippen LogP contribution in [-0.4, -0.2) is 20.6 Å². The van der Waals surface area contributed by atoms with Gasteiger partial charge in [-0.3, -0.25) is 4.57 Å². The lowest BCUT2D eigenvalue weighted by molar-refractivity contribution is 0.0697. The maximum atomic E-state index is 11.8. The molecule has 1 fully saturated rings. The number of nitrogens with one attached hydrogen (secondary N) is 1. The highest BCUT2D eigenvalue weighted by Gasteiger charge is 2.36. The number of nitrogens with zero attached hydrogens (tertiary/aromatic N) is 1. The molecular formula is C12H12N2O3. The Kier molecular flexibility index (Phi) is 1.92. The van der Waals surface area contributed by atoms with Crippen LogP contribution in [0.4, 0.5) is 0 Å². The fourth-order valence-corrected chi connectivity index (χ4v) is 2.26. The van der Waals surface area contributed by atoms with Crippen molar-refractivity contribution in [1.82, 2.24) is 9.55 Å². The van der Waals surface area contributed by atoms with Gasteiger partial charge in [0.2, 0.25) is 0 Å². The average Bonchev–Trinajstić information content (AvgIpc) is 2.88. The lowest BCUT2D eigenvalue weighted by Crippen LogP contribution is -2.15. The van der Waals surface area contributed by atoms with E-state index in [2.05, 4.69) is 11.9 Å². The van der Waals surface area contributed by atoms with Crippen LogP contribution in [0.25, 0.3) is 11.0 Å². The molecule has 88 valence electrons. The Morgan fingerprint density at radius 2 is 2.24 bits per heavy atom. The number of carboxylic acids is 1. The highest BCUT2D eigenvalue weighted by Crippen LogP contribution is 2.42.